The minimum atomic E-state index is -0.720. The molecule has 206 valence electrons. The number of benzene rings is 2. The van der Waals surface area contributed by atoms with Gasteiger partial charge in [-0.05, 0) is 80.2 Å². The lowest BCUT2D eigenvalue weighted by Crippen LogP contribution is -2.48. The molecule has 2 aliphatic rings. The van der Waals surface area contributed by atoms with Crippen molar-refractivity contribution in [2.75, 3.05) is 39.9 Å². The molecule has 11 heteroatoms. The zero-order chi connectivity index (χ0) is 27.9. The van der Waals surface area contributed by atoms with Gasteiger partial charge in [0.05, 0.1) is 45.6 Å². The lowest BCUT2D eigenvalue weighted by molar-refractivity contribution is -0.118. The van der Waals surface area contributed by atoms with Gasteiger partial charge in [-0.15, -0.1) is 0 Å². The summed E-state index contributed by atoms with van der Waals surface area (Å²) < 4.78 is 18.7. The summed E-state index contributed by atoms with van der Waals surface area (Å²) in [5.74, 6) is -0.478. The van der Waals surface area contributed by atoms with Crippen LogP contribution in [0.25, 0.3) is 0 Å². The zero-order valence-corrected chi connectivity index (χ0v) is 23.0. The number of halogens is 3. The van der Waals surface area contributed by atoms with Crippen LogP contribution in [0.3, 0.4) is 0 Å². The molecule has 1 fully saturated rings. The Balaban J connectivity index is 1.33. The number of likely N-dealkylation sites (tertiary alicyclic amines) is 1. The second-order valence-electron chi connectivity index (χ2n) is 9.60. The lowest BCUT2D eigenvalue weighted by atomic mass is 9.86. The quantitative estimate of drug-likeness (QED) is 0.379. The van der Waals surface area contributed by atoms with Crippen LogP contribution in [-0.4, -0.2) is 56.7 Å². The largest absolute Gasteiger partial charge is 0.378 e. The zero-order valence-electron chi connectivity index (χ0n) is 21.5. The number of nitrogens with zero attached hydrogens (tertiary/aromatic N) is 2. The van der Waals surface area contributed by atoms with Crippen LogP contribution in [0.4, 0.5) is 9.18 Å². The molecular weight excluding hydrogens is 544 g/mol. The SMILES string of the molecule is COCC1=C(C(=O)NCCCN2CCC(c3ccc(F)cc3C#N)CC2)[C@@H](c2ccc(Cl)c(Cl)c2)NC(=O)N1. The summed E-state index contributed by atoms with van der Waals surface area (Å²) >= 11 is 12.3. The third-order valence-electron chi connectivity index (χ3n) is 7.06. The number of ether oxygens (including phenoxy) is 1. The molecule has 4 rings (SSSR count). The molecule has 0 radical (unpaired) electrons. The number of hydrogen-bond donors (Lipinski definition) is 3. The maximum absolute atomic E-state index is 13.5. The molecule has 2 aliphatic heterocycles. The number of urea groups is 1. The Morgan fingerprint density at radius 1 is 1.21 bits per heavy atom. The van der Waals surface area contributed by atoms with E-state index in [0.717, 1.165) is 44.5 Å². The van der Waals surface area contributed by atoms with Gasteiger partial charge in [-0.25, -0.2) is 9.18 Å². The van der Waals surface area contributed by atoms with Crippen LogP contribution in [0.15, 0.2) is 47.7 Å². The molecule has 8 nitrogen and oxygen atoms in total. The van der Waals surface area contributed by atoms with E-state index >= 15 is 0 Å². The van der Waals surface area contributed by atoms with Gasteiger partial charge in [0.25, 0.3) is 5.91 Å². The van der Waals surface area contributed by atoms with E-state index in [2.05, 4.69) is 26.9 Å². The molecule has 0 aliphatic carbocycles. The minimum absolute atomic E-state index is 0.0600. The van der Waals surface area contributed by atoms with Crippen molar-refractivity contribution in [2.24, 2.45) is 0 Å². The van der Waals surface area contributed by atoms with E-state index in [1.165, 1.54) is 19.2 Å². The predicted molar refractivity (Wildman–Crippen MR) is 147 cm³/mol. The summed E-state index contributed by atoms with van der Waals surface area (Å²) in [6.07, 6.45) is 2.51. The predicted octanol–water partition coefficient (Wildman–Crippen LogP) is 4.64. The first-order valence-corrected chi connectivity index (χ1v) is 13.5. The summed E-state index contributed by atoms with van der Waals surface area (Å²) in [7, 11) is 1.49. The molecule has 0 aromatic heterocycles. The van der Waals surface area contributed by atoms with Gasteiger partial charge < -0.3 is 25.6 Å². The molecule has 0 spiro atoms. The third kappa shape index (κ3) is 7.08. The van der Waals surface area contributed by atoms with Crippen molar-refractivity contribution < 1.29 is 18.7 Å². The van der Waals surface area contributed by atoms with Crippen LogP contribution in [0, 0.1) is 17.1 Å². The smallest absolute Gasteiger partial charge is 0.319 e. The number of carbonyl (C=O) groups is 2. The topological polar surface area (TPSA) is 106 Å². The van der Waals surface area contributed by atoms with Crippen LogP contribution < -0.4 is 16.0 Å². The number of carbonyl (C=O) groups excluding carboxylic acids is 2. The molecule has 2 aromatic carbocycles. The summed E-state index contributed by atoms with van der Waals surface area (Å²) in [5.41, 5.74) is 2.68. The fraction of sp³-hybridized carbons (Fsp3) is 0.393. The highest BCUT2D eigenvalue weighted by Gasteiger charge is 2.33. The van der Waals surface area contributed by atoms with E-state index in [-0.39, 0.29) is 18.4 Å². The first-order valence-electron chi connectivity index (χ1n) is 12.7. The van der Waals surface area contributed by atoms with Crippen molar-refractivity contribution in [3.8, 4) is 6.07 Å². The van der Waals surface area contributed by atoms with Gasteiger partial charge in [-0.2, -0.15) is 5.26 Å². The first-order chi connectivity index (χ1) is 18.8. The molecule has 2 aromatic rings. The van der Waals surface area contributed by atoms with Crippen molar-refractivity contribution in [3.05, 3.63) is 80.2 Å². The van der Waals surface area contributed by atoms with Crippen LogP contribution in [0.1, 0.15) is 47.9 Å². The van der Waals surface area contributed by atoms with E-state index in [1.807, 2.05) is 0 Å². The van der Waals surface area contributed by atoms with Crippen molar-refractivity contribution in [2.45, 2.75) is 31.2 Å². The van der Waals surface area contributed by atoms with Gasteiger partial charge in [0, 0.05) is 13.7 Å². The van der Waals surface area contributed by atoms with E-state index in [9.17, 15) is 19.2 Å². The highest BCUT2D eigenvalue weighted by Crippen LogP contribution is 2.32. The van der Waals surface area contributed by atoms with Crippen molar-refractivity contribution in [1.29, 1.82) is 5.26 Å². The van der Waals surface area contributed by atoms with Gasteiger partial charge in [-0.1, -0.05) is 35.3 Å². The molecule has 39 heavy (non-hydrogen) atoms. The average molecular weight is 574 g/mol. The summed E-state index contributed by atoms with van der Waals surface area (Å²) in [5, 5.41) is 18.5. The number of amides is 3. The summed E-state index contributed by atoms with van der Waals surface area (Å²) in [6.45, 7) is 3.03. The molecule has 3 N–H and O–H groups in total. The Hall–Kier alpha value is -3.16. The van der Waals surface area contributed by atoms with E-state index < -0.39 is 17.9 Å². The Bertz CT molecular complexity index is 1300. The second kappa shape index (κ2) is 13.3. The Labute approximate surface area is 237 Å². The monoisotopic (exact) mass is 573 g/mol. The minimum Gasteiger partial charge on any atom is -0.378 e. The van der Waals surface area contributed by atoms with Crippen LogP contribution in [-0.2, 0) is 9.53 Å². The van der Waals surface area contributed by atoms with Gasteiger partial charge in [0.1, 0.15) is 5.82 Å². The highest BCUT2D eigenvalue weighted by atomic mass is 35.5. The normalized spacial score (nSPS) is 18.3. The van der Waals surface area contributed by atoms with E-state index in [1.54, 1.807) is 24.3 Å². The maximum atomic E-state index is 13.5. The number of rotatable bonds is 9. The number of methoxy groups -OCH3 is 1. The van der Waals surface area contributed by atoms with Crippen LogP contribution >= 0.6 is 23.2 Å². The molecule has 3 amide bonds. The van der Waals surface area contributed by atoms with Crippen LogP contribution in [0.5, 0.6) is 0 Å². The number of nitrogens with one attached hydrogen (secondary N) is 3. The van der Waals surface area contributed by atoms with Crippen molar-refractivity contribution in [1.82, 2.24) is 20.9 Å². The Morgan fingerprint density at radius 2 is 1.97 bits per heavy atom. The average Bonchev–Trinajstić information content (AvgIpc) is 2.92. The van der Waals surface area contributed by atoms with Gasteiger partial charge in [0.15, 0.2) is 0 Å². The standard InChI is InChI=1S/C28H30Cl2FN5O3/c1-39-16-24-25(26(35-28(38)34-24)18-3-6-22(29)23(30)14-18)27(37)33-9-2-10-36-11-7-17(8-12-36)21-5-4-20(31)13-19(21)15-32/h3-6,13-14,17,26H,2,7-12,16H2,1H3,(H,33,37)(H2,34,35,38)/t26-/m1/s1. The van der Waals surface area contributed by atoms with Crippen molar-refractivity contribution >= 4 is 35.1 Å². The first kappa shape index (κ1) is 28.8. The number of nitriles is 1. The maximum Gasteiger partial charge on any atom is 0.319 e. The number of piperidine rings is 1. The molecule has 0 bridgehead atoms. The summed E-state index contributed by atoms with van der Waals surface area (Å²) in [4.78, 5) is 28.0. The van der Waals surface area contributed by atoms with Crippen LogP contribution in [0.2, 0.25) is 10.0 Å². The lowest BCUT2D eigenvalue weighted by Gasteiger charge is -2.32. The van der Waals surface area contributed by atoms with E-state index in [0.29, 0.717) is 39.0 Å². The molecule has 1 atom stereocenters. The Kier molecular flexibility index (Phi) is 9.81. The van der Waals surface area contributed by atoms with Gasteiger partial charge >= 0.3 is 6.03 Å². The number of hydrogen-bond acceptors (Lipinski definition) is 5. The fourth-order valence-electron chi connectivity index (χ4n) is 5.13. The van der Waals surface area contributed by atoms with Gasteiger partial charge in [0.2, 0.25) is 0 Å². The molecule has 1 saturated heterocycles. The second-order valence-corrected chi connectivity index (χ2v) is 10.4. The summed E-state index contributed by atoms with van der Waals surface area (Å²) in [6, 6.07) is 10.4. The molecule has 0 saturated carbocycles. The Morgan fingerprint density at radius 3 is 2.67 bits per heavy atom. The highest BCUT2D eigenvalue weighted by molar-refractivity contribution is 6.42. The van der Waals surface area contributed by atoms with Crippen molar-refractivity contribution in [3.63, 3.8) is 0 Å². The van der Waals surface area contributed by atoms with Gasteiger partial charge in [-0.3, -0.25) is 4.79 Å². The fourth-order valence-corrected chi connectivity index (χ4v) is 5.44. The third-order valence-corrected chi connectivity index (χ3v) is 7.80. The molecule has 2 heterocycles. The molecule has 0 unspecified atom stereocenters. The van der Waals surface area contributed by atoms with E-state index in [4.69, 9.17) is 27.9 Å². The molecular formula is C28H30Cl2FN5O3.